The topological polar surface area (TPSA) is 179 Å². The van der Waals surface area contributed by atoms with Crippen molar-refractivity contribution in [3.05, 3.63) is 47.5 Å². The van der Waals surface area contributed by atoms with Gasteiger partial charge in [-0.05, 0) is 81.5 Å². The van der Waals surface area contributed by atoms with Gasteiger partial charge in [-0.3, -0.25) is 33.7 Å². The second-order valence-electron chi connectivity index (χ2n) is 17.8. The van der Waals surface area contributed by atoms with Crippen LogP contribution in [-0.2, 0) is 44.2 Å². The number of ketones is 1. The highest BCUT2D eigenvalue weighted by molar-refractivity contribution is 8.00. The standard InChI is InChI=1S/C43H67N5O8S2/c1-27(2)33(47(11)41(54)37(42(5,6)7)45-39(52)36(44-10)43(8,9)32-16-13-12-14-17-32)24-28(3)38(51)46-58(55,56)23-15-22-57-34-25-35(50)48(40(34)53)26-30-18-20-31(21-19-30)29(4)49/h12-14,16-17,24,27,30-31,33-34,36-37,44H,15,18-23,25-26H2,1-11H3,(H,45,52)(H,46,51)/b28-24+/t30?,31?,33-,34?,36-,37-/m1/s1/i4T. The van der Waals surface area contributed by atoms with Crippen LogP contribution in [0.25, 0.3) is 0 Å². The molecule has 2 aliphatic rings. The zero-order chi connectivity index (χ0) is 44.5. The summed E-state index contributed by atoms with van der Waals surface area (Å²) in [5.74, 6) is -2.38. The normalized spacial score (nSPS) is 21.3. The van der Waals surface area contributed by atoms with Crippen LogP contribution in [-0.4, -0.2) is 109 Å². The molecule has 0 bridgehead atoms. The lowest BCUT2D eigenvalue weighted by Gasteiger charge is -2.40. The van der Waals surface area contributed by atoms with Gasteiger partial charge in [0.15, 0.2) is 0 Å². The summed E-state index contributed by atoms with van der Waals surface area (Å²) in [6.07, 6.45) is 4.53. The van der Waals surface area contributed by atoms with Crippen molar-refractivity contribution < 1.29 is 38.6 Å². The molecular formula is C43H67N5O8S2. The molecule has 1 aromatic carbocycles. The number of nitrogens with one attached hydrogen (secondary N) is 3. The monoisotopic (exact) mass is 847 g/mol. The van der Waals surface area contributed by atoms with Crippen LogP contribution in [0.1, 0.15) is 108 Å². The summed E-state index contributed by atoms with van der Waals surface area (Å²) in [5, 5.41) is 5.54. The maximum absolute atomic E-state index is 14.2. The van der Waals surface area contributed by atoms with E-state index in [4.69, 9.17) is 1.37 Å². The van der Waals surface area contributed by atoms with Crippen molar-refractivity contribution in [1.82, 2.24) is 25.2 Å². The first kappa shape index (κ1) is 47.1. The lowest BCUT2D eigenvalue weighted by atomic mass is 9.76. The predicted molar refractivity (Wildman–Crippen MR) is 229 cm³/mol. The van der Waals surface area contributed by atoms with E-state index in [9.17, 15) is 37.2 Å². The second kappa shape index (κ2) is 20.6. The summed E-state index contributed by atoms with van der Waals surface area (Å²) < 4.78 is 35.4. The number of hydrogen-bond acceptors (Lipinski definition) is 10. The first-order valence-corrected chi connectivity index (χ1v) is 23.0. The number of carbonyl (C=O) groups excluding carboxylic acids is 6. The van der Waals surface area contributed by atoms with Crippen LogP contribution < -0.4 is 15.4 Å². The molecule has 3 N–H and O–H groups in total. The molecule has 1 aliphatic carbocycles. The highest BCUT2D eigenvalue weighted by Crippen LogP contribution is 2.33. The Morgan fingerprint density at radius 3 is 2.19 bits per heavy atom. The van der Waals surface area contributed by atoms with Crippen molar-refractivity contribution in [3.8, 4) is 0 Å². The van der Waals surface area contributed by atoms with Crippen molar-refractivity contribution >= 4 is 57.1 Å². The fourth-order valence-electron chi connectivity index (χ4n) is 7.81. The van der Waals surface area contributed by atoms with Gasteiger partial charge in [-0.1, -0.05) is 84.9 Å². The van der Waals surface area contributed by atoms with E-state index in [0.29, 0.717) is 19.4 Å². The highest BCUT2D eigenvalue weighted by Gasteiger charge is 2.42. The van der Waals surface area contributed by atoms with Crippen LogP contribution >= 0.6 is 11.8 Å². The Kier molecular flexibility index (Phi) is 16.7. The quantitative estimate of drug-likeness (QED) is 0.101. The van der Waals surface area contributed by atoms with Crippen molar-refractivity contribution in [2.75, 3.05) is 32.1 Å². The van der Waals surface area contributed by atoms with Crippen molar-refractivity contribution in [2.45, 2.75) is 130 Å². The largest absolute Gasteiger partial charge is 0.342 e. The number of benzene rings is 1. The fraction of sp³-hybridized carbons (Fsp3) is 0.674. The summed E-state index contributed by atoms with van der Waals surface area (Å²) in [4.78, 5) is 81.8. The molecule has 13 nitrogen and oxygen atoms in total. The van der Waals surface area contributed by atoms with Gasteiger partial charge in [-0.15, -0.1) is 11.8 Å². The smallest absolute Gasteiger partial charge is 0.260 e. The third kappa shape index (κ3) is 13.0. The first-order valence-electron chi connectivity index (χ1n) is 21.0. The number of hydrogen-bond donors (Lipinski definition) is 3. The molecule has 1 saturated carbocycles. The summed E-state index contributed by atoms with van der Waals surface area (Å²) >= 11 is 1.23. The Bertz CT molecular complexity index is 1810. The lowest BCUT2D eigenvalue weighted by molar-refractivity contribution is -0.141. The molecule has 2 fully saturated rings. The average Bonchev–Trinajstić information content (AvgIpc) is 3.44. The molecule has 5 amide bonds. The van der Waals surface area contributed by atoms with Gasteiger partial charge in [0.25, 0.3) is 5.91 Å². The third-order valence-corrected chi connectivity index (χ3v) is 14.1. The average molecular weight is 848 g/mol. The molecule has 58 heavy (non-hydrogen) atoms. The Hall–Kier alpha value is -3.56. The Labute approximate surface area is 352 Å². The Morgan fingerprint density at radius 1 is 1.02 bits per heavy atom. The molecule has 1 heterocycles. The molecule has 1 saturated heterocycles. The van der Waals surface area contributed by atoms with Gasteiger partial charge in [-0.25, -0.2) is 13.1 Å². The molecular weight excluding hydrogens is 779 g/mol. The van der Waals surface area contributed by atoms with E-state index in [2.05, 4.69) is 15.4 Å². The van der Waals surface area contributed by atoms with E-state index in [0.717, 1.165) is 18.4 Å². The number of thioether (sulfide) groups is 1. The van der Waals surface area contributed by atoms with Gasteiger partial charge in [0.1, 0.15) is 11.8 Å². The zero-order valence-corrected chi connectivity index (χ0v) is 37.7. The summed E-state index contributed by atoms with van der Waals surface area (Å²) in [6.45, 7) is 14.9. The van der Waals surface area contributed by atoms with Crippen molar-refractivity contribution in [3.63, 3.8) is 0 Å². The van der Waals surface area contributed by atoms with Crippen molar-refractivity contribution in [1.29, 1.82) is 0 Å². The Balaban J connectivity index is 1.58. The van der Waals surface area contributed by atoms with Gasteiger partial charge < -0.3 is 15.5 Å². The van der Waals surface area contributed by atoms with Crippen LogP contribution in [0.2, 0.25) is 0 Å². The van der Waals surface area contributed by atoms with E-state index in [1.807, 2.05) is 78.8 Å². The number of carbonyl (C=O) groups is 6. The van der Waals surface area contributed by atoms with Crippen LogP contribution in [0, 0.1) is 23.2 Å². The number of imide groups is 1. The van der Waals surface area contributed by atoms with Gasteiger partial charge in [0.05, 0.1) is 23.1 Å². The molecule has 0 radical (unpaired) electrons. The maximum atomic E-state index is 14.2. The summed E-state index contributed by atoms with van der Waals surface area (Å²) in [7, 11) is -0.741. The highest BCUT2D eigenvalue weighted by atomic mass is 32.2. The number of rotatable bonds is 19. The first-order chi connectivity index (χ1) is 27.4. The lowest BCUT2D eigenvalue weighted by Crippen LogP contribution is -2.61. The molecule has 4 atom stereocenters. The minimum atomic E-state index is -4.06. The van der Waals surface area contributed by atoms with E-state index < -0.39 is 50.1 Å². The van der Waals surface area contributed by atoms with E-state index in [-0.39, 0.29) is 84.0 Å². The summed E-state index contributed by atoms with van der Waals surface area (Å²) in [5.41, 5.74) is -0.246. The number of amides is 5. The minimum Gasteiger partial charge on any atom is -0.342 e. The molecule has 3 rings (SSSR count). The number of likely N-dealkylation sites (N-methyl/N-ethyl adjacent to an activating group) is 2. The Morgan fingerprint density at radius 2 is 1.64 bits per heavy atom. The molecule has 0 spiro atoms. The molecule has 1 aliphatic heterocycles. The molecule has 324 valence electrons. The second-order valence-corrected chi connectivity index (χ2v) is 21.0. The molecule has 1 unspecified atom stereocenters. The zero-order valence-electron chi connectivity index (χ0n) is 37.1. The summed E-state index contributed by atoms with van der Waals surface area (Å²) in [6, 6.07) is 7.45. The van der Waals surface area contributed by atoms with E-state index in [1.54, 1.807) is 20.2 Å². The number of sulfonamides is 1. The molecule has 1 aromatic rings. The number of Topliss-reactive ketones (excluding diaryl/α,β-unsaturated/α-hetero) is 1. The maximum Gasteiger partial charge on any atom is 0.260 e. The van der Waals surface area contributed by atoms with Gasteiger partial charge >= 0.3 is 0 Å². The SMILES string of the molecule is [3H]CC(=O)C1CCC(CN2C(=O)CC(SCCCS(=O)(=O)NC(=O)/C(C)=C/[C@H](C(C)C)N(C)C(=O)[C@@H](NC(=O)[C@@H](NC)C(C)(C)c3ccccc3)C(C)(C)C)C2=O)CC1. The van der Waals surface area contributed by atoms with Crippen LogP contribution in [0.5, 0.6) is 0 Å². The molecule has 15 heteroatoms. The number of nitrogens with zero attached hydrogens (tertiary/aromatic N) is 2. The van der Waals surface area contributed by atoms with Crippen LogP contribution in [0.15, 0.2) is 42.0 Å². The van der Waals surface area contributed by atoms with Crippen molar-refractivity contribution in [2.24, 2.45) is 23.2 Å². The molecule has 0 aromatic heterocycles. The van der Waals surface area contributed by atoms with E-state index >= 15 is 0 Å². The van der Waals surface area contributed by atoms with Gasteiger partial charge in [-0.2, -0.15) is 0 Å². The van der Waals surface area contributed by atoms with Gasteiger partial charge in [0.2, 0.25) is 33.7 Å². The fourth-order valence-corrected chi connectivity index (χ4v) is 10.2. The van der Waals surface area contributed by atoms with Gasteiger partial charge in [0, 0.05) is 38.3 Å². The van der Waals surface area contributed by atoms with Crippen LogP contribution in [0.4, 0.5) is 0 Å². The predicted octanol–water partition coefficient (Wildman–Crippen LogP) is 4.60. The third-order valence-electron chi connectivity index (χ3n) is 11.5. The van der Waals surface area contributed by atoms with Crippen LogP contribution in [0.3, 0.4) is 0 Å². The number of likely N-dealkylation sites (tertiary alicyclic amines) is 1. The van der Waals surface area contributed by atoms with E-state index in [1.165, 1.54) is 28.5 Å². The minimum absolute atomic E-state index is 0.0450.